The summed E-state index contributed by atoms with van der Waals surface area (Å²) >= 11 is 0. The van der Waals surface area contributed by atoms with Gasteiger partial charge in [-0.2, -0.15) is 0 Å². The van der Waals surface area contributed by atoms with E-state index in [0.29, 0.717) is 0 Å². The molecule has 3 nitrogen and oxygen atoms in total. The molecular formula is C10H18O3. The van der Waals surface area contributed by atoms with Gasteiger partial charge in [-0.3, -0.25) is 0 Å². The SMILES string of the molecule is C=C[C@@H]1OC(C)(C)O[C@@H]1C=O.CC. The molecule has 1 saturated heterocycles. The predicted molar refractivity (Wildman–Crippen MR) is 51.4 cm³/mol. The number of carbonyl (C=O) groups is 1. The summed E-state index contributed by atoms with van der Waals surface area (Å²) < 4.78 is 10.6. The smallest absolute Gasteiger partial charge is 0.164 e. The Morgan fingerprint density at radius 3 is 2.00 bits per heavy atom. The highest BCUT2D eigenvalue weighted by Gasteiger charge is 2.39. The van der Waals surface area contributed by atoms with Gasteiger partial charge < -0.3 is 14.3 Å². The maximum absolute atomic E-state index is 10.4. The van der Waals surface area contributed by atoms with Crippen molar-refractivity contribution >= 4 is 6.29 Å². The lowest BCUT2D eigenvalue weighted by atomic mass is 10.2. The molecule has 1 fully saturated rings. The van der Waals surface area contributed by atoms with E-state index in [0.717, 1.165) is 6.29 Å². The number of hydrogen-bond donors (Lipinski definition) is 0. The summed E-state index contributed by atoms with van der Waals surface area (Å²) in [5.41, 5.74) is 0. The largest absolute Gasteiger partial charge is 0.340 e. The molecular weight excluding hydrogens is 168 g/mol. The molecule has 0 bridgehead atoms. The molecule has 1 rings (SSSR count). The van der Waals surface area contributed by atoms with Gasteiger partial charge in [0.25, 0.3) is 0 Å². The minimum Gasteiger partial charge on any atom is -0.340 e. The monoisotopic (exact) mass is 186 g/mol. The minimum absolute atomic E-state index is 0.303. The highest BCUT2D eigenvalue weighted by Crippen LogP contribution is 2.27. The van der Waals surface area contributed by atoms with Crippen LogP contribution in [0.15, 0.2) is 12.7 Å². The maximum Gasteiger partial charge on any atom is 0.164 e. The van der Waals surface area contributed by atoms with Crippen molar-refractivity contribution in [2.75, 3.05) is 0 Å². The van der Waals surface area contributed by atoms with Crippen LogP contribution in [0, 0.1) is 0 Å². The van der Waals surface area contributed by atoms with E-state index in [1.165, 1.54) is 0 Å². The fraction of sp³-hybridized carbons (Fsp3) is 0.700. The van der Waals surface area contributed by atoms with Crippen molar-refractivity contribution in [3.8, 4) is 0 Å². The Balaban J connectivity index is 0.000000671. The molecule has 0 saturated carbocycles. The van der Waals surface area contributed by atoms with Crippen molar-refractivity contribution in [2.45, 2.75) is 45.7 Å². The van der Waals surface area contributed by atoms with E-state index in [9.17, 15) is 4.79 Å². The first-order chi connectivity index (χ1) is 6.09. The van der Waals surface area contributed by atoms with Gasteiger partial charge in [0.2, 0.25) is 0 Å². The van der Waals surface area contributed by atoms with Crippen LogP contribution in [0.3, 0.4) is 0 Å². The van der Waals surface area contributed by atoms with Crippen molar-refractivity contribution < 1.29 is 14.3 Å². The van der Waals surface area contributed by atoms with Crippen molar-refractivity contribution in [1.29, 1.82) is 0 Å². The van der Waals surface area contributed by atoms with Crippen LogP contribution in [0.2, 0.25) is 0 Å². The quantitative estimate of drug-likeness (QED) is 0.488. The number of hydrogen-bond acceptors (Lipinski definition) is 3. The molecule has 76 valence electrons. The molecule has 0 spiro atoms. The van der Waals surface area contributed by atoms with E-state index in [2.05, 4.69) is 6.58 Å². The van der Waals surface area contributed by atoms with Gasteiger partial charge in [-0.15, -0.1) is 6.58 Å². The number of aldehydes is 1. The maximum atomic E-state index is 10.4. The summed E-state index contributed by atoms with van der Waals surface area (Å²) in [7, 11) is 0. The van der Waals surface area contributed by atoms with E-state index in [-0.39, 0.29) is 6.10 Å². The highest BCUT2D eigenvalue weighted by molar-refractivity contribution is 5.58. The van der Waals surface area contributed by atoms with E-state index >= 15 is 0 Å². The normalized spacial score (nSPS) is 30.2. The van der Waals surface area contributed by atoms with Crippen molar-refractivity contribution in [3.05, 3.63) is 12.7 Å². The number of ether oxygens (including phenoxy) is 2. The van der Waals surface area contributed by atoms with Crippen LogP contribution in [0.25, 0.3) is 0 Å². The van der Waals surface area contributed by atoms with E-state index in [1.54, 1.807) is 19.9 Å². The lowest BCUT2D eigenvalue weighted by Crippen LogP contribution is -2.22. The summed E-state index contributed by atoms with van der Waals surface area (Å²) in [6.45, 7) is 11.1. The third kappa shape index (κ3) is 3.28. The zero-order chi connectivity index (χ0) is 10.5. The Bertz CT molecular complexity index is 157. The first kappa shape index (κ1) is 12.3. The Labute approximate surface area is 79.7 Å². The van der Waals surface area contributed by atoms with Crippen LogP contribution in [-0.4, -0.2) is 24.3 Å². The van der Waals surface area contributed by atoms with Gasteiger partial charge in [-0.25, -0.2) is 0 Å². The summed E-state index contributed by atoms with van der Waals surface area (Å²) in [5.74, 6) is -0.662. The molecule has 1 aliphatic heterocycles. The second kappa shape index (κ2) is 5.14. The zero-order valence-corrected chi connectivity index (χ0v) is 8.74. The molecule has 0 aliphatic carbocycles. The van der Waals surface area contributed by atoms with Gasteiger partial charge in [0.05, 0.1) is 0 Å². The van der Waals surface area contributed by atoms with Gasteiger partial charge in [0.15, 0.2) is 12.1 Å². The average molecular weight is 186 g/mol. The average Bonchev–Trinajstić information content (AvgIpc) is 2.44. The summed E-state index contributed by atoms with van der Waals surface area (Å²) in [4.78, 5) is 10.4. The zero-order valence-electron chi connectivity index (χ0n) is 8.74. The van der Waals surface area contributed by atoms with Crippen molar-refractivity contribution in [2.24, 2.45) is 0 Å². The molecule has 0 N–H and O–H groups in total. The van der Waals surface area contributed by atoms with Gasteiger partial charge in [-0.05, 0) is 13.8 Å². The Hall–Kier alpha value is -0.670. The van der Waals surface area contributed by atoms with Gasteiger partial charge in [-0.1, -0.05) is 19.9 Å². The Morgan fingerprint density at radius 1 is 1.23 bits per heavy atom. The molecule has 13 heavy (non-hydrogen) atoms. The second-order valence-corrected chi connectivity index (χ2v) is 2.94. The first-order valence-corrected chi connectivity index (χ1v) is 4.52. The summed E-state index contributed by atoms with van der Waals surface area (Å²) in [6, 6.07) is 0. The second-order valence-electron chi connectivity index (χ2n) is 2.94. The molecule has 1 aliphatic rings. The number of carbonyl (C=O) groups excluding carboxylic acids is 1. The third-order valence-electron chi connectivity index (χ3n) is 1.53. The Kier molecular flexibility index (Phi) is 4.88. The standard InChI is InChI=1S/C8H12O3.C2H6/c1-4-6-7(5-9)11-8(2,3)10-6;1-2/h4-7H,1H2,2-3H3;1-2H3/t6-,7+;/m0./s1. The molecule has 0 aromatic heterocycles. The lowest BCUT2D eigenvalue weighted by Gasteiger charge is -2.15. The van der Waals surface area contributed by atoms with Crippen LogP contribution in [0.1, 0.15) is 27.7 Å². The van der Waals surface area contributed by atoms with Crippen LogP contribution in [0.5, 0.6) is 0 Å². The summed E-state index contributed by atoms with van der Waals surface area (Å²) in [6.07, 6.45) is 1.51. The van der Waals surface area contributed by atoms with E-state index in [1.807, 2.05) is 13.8 Å². The van der Waals surface area contributed by atoms with E-state index in [4.69, 9.17) is 9.47 Å². The molecule has 0 aromatic rings. The molecule has 0 amide bonds. The van der Waals surface area contributed by atoms with E-state index < -0.39 is 11.9 Å². The van der Waals surface area contributed by atoms with Gasteiger partial charge in [0.1, 0.15) is 12.2 Å². The highest BCUT2D eigenvalue weighted by atomic mass is 16.8. The Morgan fingerprint density at radius 2 is 1.69 bits per heavy atom. The molecule has 2 atom stereocenters. The first-order valence-electron chi connectivity index (χ1n) is 4.52. The van der Waals surface area contributed by atoms with Crippen LogP contribution < -0.4 is 0 Å². The predicted octanol–water partition coefficient (Wildman–Crippen LogP) is 1.92. The summed E-state index contributed by atoms with van der Waals surface area (Å²) in [5, 5.41) is 0. The fourth-order valence-electron chi connectivity index (χ4n) is 1.10. The van der Waals surface area contributed by atoms with Crippen LogP contribution in [-0.2, 0) is 14.3 Å². The fourth-order valence-corrected chi connectivity index (χ4v) is 1.10. The third-order valence-corrected chi connectivity index (χ3v) is 1.53. The number of rotatable bonds is 2. The molecule has 0 radical (unpaired) electrons. The van der Waals surface area contributed by atoms with Crippen molar-refractivity contribution in [1.82, 2.24) is 0 Å². The molecule has 1 heterocycles. The topological polar surface area (TPSA) is 35.5 Å². The lowest BCUT2D eigenvalue weighted by molar-refractivity contribution is -0.148. The molecule has 0 aromatic carbocycles. The van der Waals surface area contributed by atoms with Gasteiger partial charge >= 0.3 is 0 Å². The molecule has 3 heteroatoms. The van der Waals surface area contributed by atoms with Crippen molar-refractivity contribution in [3.63, 3.8) is 0 Å². The van der Waals surface area contributed by atoms with Crippen LogP contribution >= 0.6 is 0 Å². The minimum atomic E-state index is -0.662. The van der Waals surface area contributed by atoms with Gasteiger partial charge in [0, 0.05) is 0 Å². The molecule has 0 unspecified atom stereocenters. The van der Waals surface area contributed by atoms with Crippen LogP contribution in [0.4, 0.5) is 0 Å².